The number of nitrogens with zero attached hydrogens (tertiary/aromatic N) is 2. The molecule has 116 valence electrons. The number of aliphatic hydroxyl groups is 1. The normalized spacial score (nSPS) is 15.5. The molecule has 1 saturated carbocycles. The highest BCUT2D eigenvalue weighted by Gasteiger charge is 2.26. The molecule has 0 radical (unpaired) electrons. The highest BCUT2D eigenvalue weighted by atomic mass is 32.1. The molecule has 0 spiro atoms. The Labute approximate surface area is 133 Å². The van der Waals surface area contributed by atoms with E-state index in [2.05, 4.69) is 15.3 Å². The van der Waals surface area contributed by atoms with Crippen LogP contribution in [-0.4, -0.2) is 34.1 Å². The summed E-state index contributed by atoms with van der Waals surface area (Å²) in [6.45, 7) is 0.493. The first kappa shape index (κ1) is 15.1. The minimum absolute atomic E-state index is 0.0225. The largest absolute Gasteiger partial charge is 0.396 e. The fourth-order valence-corrected chi connectivity index (χ4v) is 3.08. The lowest BCUT2D eigenvalue weighted by molar-refractivity contribution is 0.0939. The average molecular weight is 317 g/mol. The number of hydrogen-bond donors (Lipinski definition) is 2. The fourth-order valence-electron chi connectivity index (χ4n) is 2.26. The molecule has 22 heavy (non-hydrogen) atoms. The molecule has 2 heterocycles. The van der Waals surface area contributed by atoms with Crippen LogP contribution < -0.4 is 5.32 Å². The van der Waals surface area contributed by atoms with E-state index in [1.165, 1.54) is 4.88 Å². The van der Waals surface area contributed by atoms with E-state index < -0.39 is 0 Å². The van der Waals surface area contributed by atoms with Gasteiger partial charge in [0.25, 0.3) is 5.91 Å². The SMILES string of the molecule is O=C(NC[C@@H](CO)Cc1cccs1)c1cnc(C2CC2)nc1. The van der Waals surface area contributed by atoms with E-state index in [0.717, 1.165) is 25.1 Å². The smallest absolute Gasteiger partial charge is 0.254 e. The summed E-state index contributed by atoms with van der Waals surface area (Å²) < 4.78 is 0. The van der Waals surface area contributed by atoms with Crippen molar-refractivity contribution in [1.29, 1.82) is 0 Å². The van der Waals surface area contributed by atoms with Gasteiger partial charge < -0.3 is 10.4 Å². The number of aliphatic hydroxyl groups excluding tert-OH is 1. The molecule has 2 aromatic heterocycles. The molecule has 1 aliphatic carbocycles. The molecule has 0 bridgehead atoms. The highest BCUT2D eigenvalue weighted by molar-refractivity contribution is 7.09. The summed E-state index contributed by atoms with van der Waals surface area (Å²) in [6.07, 6.45) is 6.23. The Balaban J connectivity index is 1.51. The van der Waals surface area contributed by atoms with Gasteiger partial charge in [0.1, 0.15) is 5.82 Å². The van der Waals surface area contributed by atoms with Gasteiger partial charge in [-0.2, -0.15) is 0 Å². The van der Waals surface area contributed by atoms with Crippen molar-refractivity contribution in [3.05, 3.63) is 46.2 Å². The summed E-state index contributed by atoms with van der Waals surface area (Å²) in [5.41, 5.74) is 0.470. The van der Waals surface area contributed by atoms with Crippen molar-refractivity contribution in [2.45, 2.75) is 25.2 Å². The predicted molar refractivity (Wildman–Crippen MR) is 84.9 cm³/mol. The Hall–Kier alpha value is -1.79. The van der Waals surface area contributed by atoms with Gasteiger partial charge in [0, 0.05) is 42.3 Å². The molecule has 2 aromatic rings. The zero-order chi connectivity index (χ0) is 15.4. The first-order valence-electron chi connectivity index (χ1n) is 7.49. The second-order valence-electron chi connectivity index (χ2n) is 5.65. The summed E-state index contributed by atoms with van der Waals surface area (Å²) in [6, 6.07) is 4.03. The van der Waals surface area contributed by atoms with E-state index in [0.29, 0.717) is 18.0 Å². The second-order valence-corrected chi connectivity index (χ2v) is 6.68. The van der Waals surface area contributed by atoms with Gasteiger partial charge in [-0.25, -0.2) is 9.97 Å². The van der Waals surface area contributed by atoms with Crippen molar-refractivity contribution >= 4 is 17.2 Å². The Kier molecular flexibility index (Phi) is 4.80. The molecule has 0 unspecified atom stereocenters. The number of amides is 1. The molecule has 5 nitrogen and oxygen atoms in total. The van der Waals surface area contributed by atoms with E-state index in [4.69, 9.17) is 0 Å². The van der Waals surface area contributed by atoms with Crippen LogP contribution >= 0.6 is 11.3 Å². The van der Waals surface area contributed by atoms with Crippen LogP contribution in [0.5, 0.6) is 0 Å². The molecule has 1 aliphatic rings. The molecule has 3 rings (SSSR count). The minimum atomic E-state index is -0.188. The van der Waals surface area contributed by atoms with Crippen LogP contribution in [0.15, 0.2) is 29.9 Å². The lowest BCUT2D eigenvalue weighted by atomic mass is 10.1. The van der Waals surface area contributed by atoms with Crippen molar-refractivity contribution in [3.8, 4) is 0 Å². The summed E-state index contributed by atoms with van der Waals surface area (Å²) in [4.78, 5) is 21.8. The third-order valence-electron chi connectivity index (χ3n) is 3.76. The Morgan fingerprint density at radius 2 is 2.18 bits per heavy atom. The van der Waals surface area contributed by atoms with E-state index in [-0.39, 0.29) is 18.4 Å². The number of carbonyl (C=O) groups is 1. The maximum atomic E-state index is 12.1. The van der Waals surface area contributed by atoms with Crippen LogP contribution in [-0.2, 0) is 6.42 Å². The number of nitrogens with one attached hydrogen (secondary N) is 1. The minimum Gasteiger partial charge on any atom is -0.396 e. The molecule has 2 N–H and O–H groups in total. The Morgan fingerprint density at radius 3 is 2.77 bits per heavy atom. The van der Waals surface area contributed by atoms with Crippen molar-refractivity contribution < 1.29 is 9.90 Å². The van der Waals surface area contributed by atoms with Gasteiger partial charge in [-0.05, 0) is 30.7 Å². The maximum absolute atomic E-state index is 12.1. The molecular formula is C16H19N3O2S. The van der Waals surface area contributed by atoms with E-state index in [1.807, 2.05) is 17.5 Å². The number of hydrogen-bond acceptors (Lipinski definition) is 5. The highest BCUT2D eigenvalue weighted by Crippen LogP contribution is 2.37. The Morgan fingerprint density at radius 1 is 1.41 bits per heavy atom. The van der Waals surface area contributed by atoms with E-state index >= 15 is 0 Å². The molecule has 0 aliphatic heterocycles. The van der Waals surface area contributed by atoms with Crippen molar-refractivity contribution in [2.75, 3.05) is 13.2 Å². The van der Waals surface area contributed by atoms with Crippen LogP contribution in [0.2, 0.25) is 0 Å². The monoisotopic (exact) mass is 317 g/mol. The lowest BCUT2D eigenvalue weighted by Gasteiger charge is -2.14. The van der Waals surface area contributed by atoms with Crippen LogP contribution in [0.1, 0.15) is 39.8 Å². The van der Waals surface area contributed by atoms with Crippen molar-refractivity contribution in [3.63, 3.8) is 0 Å². The quantitative estimate of drug-likeness (QED) is 0.819. The number of thiophene rings is 1. The van der Waals surface area contributed by atoms with Crippen LogP contribution in [0.4, 0.5) is 0 Å². The standard InChI is InChI=1S/C16H19N3O2S/c20-10-11(6-14-2-1-5-22-14)7-19-16(21)13-8-17-15(18-9-13)12-3-4-12/h1-2,5,8-9,11-12,20H,3-4,6-7,10H2,(H,19,21)/t11-/m0/s1. The lowest BCUT2D eigenvalue weighted by Crippen LogP contribution is -2.31. The number of carbonyl (C=O) groups excluding carboxylic acids is 1. The zero-order valence-corrected chi connectivity index (χ0v) is 13.1. The van der Waals surface area contributed by atoms with Crippen LogP contribution in [0.3, 0.4) is 0 Å². The second kappa shape index (κ2) is 6.98. The molecule has 6 heteroatoms. The Bertz CT molecular complexity index is 609. The molecule has 1 atom stereocenters. The van der Waals surface area contributed by atoms with Gasteiger partial charge in [0.05, 0.1) is 5.56 Å². The third-order valence-corrected chi connectivity index (χ3v) is 4.65. The first-order valence-corrected chi connectivity index (χ1v) is 8.37. The molecular weight excluding hydrogens is 298 g/mol. The van der Waals surface area contributed by atoms with Gasteiger partial charge in [-0.1, -0.05) is 6.07 Å². The van der Waals surface area contributed by atoms with Gasteiger partial charge in [0.15, 0.2) is 0 Å². The molecule has 1 fully saturated rings. The molecule has 0 saturated heterocycles. The summed E-state index contributed by atoms with van der Waals surface area (Å²) >= 11 is 1.66. The van der Waals surface area contributed by atoms with Gasteiger partial charge in [0.2, 0.25) is 0 Å². The van der Waals surface area contributed by atoms with Gasteiger partial charge in [-0.15, -0.1) is 11.3 Å². The summed E-state index contributed by atoms with van der Waals surface area (Å²) in [5, 5.41) is 14.3. The topological polar surface area (TPSA) is 75.1 Å². The maximum Gasteiger partial charge on any atom is 0.254 e. The number of rotatable bonds is 7. The molecule has 0 aromatic carbocycles. The van der Waals surface area contributed by atoms with Gasteiger partial charge >= 0.3 is 0 Å². The van der Waals surface area contributed by atoms with E-state index in [9.17, 15) is 9.90 Å². The van der Waals surface area contributed by atoms with Crippen molar-refractivity contribution in [2.24, 2.45) is 5.92 Å². The van der Waals surface area contributed by atoms with Crippen LogP contribution in [0.25, 0.3) is 0 Å². The summed E-state index contributed by atoms with van der Waals surface area (Å²) in [5.74, 6) is 1.16. The zero-order valence-electron chi connectivity index (χ0n) is 12.2. The fraction of sp³-hybridized carbons (Fsp3) is 0.438. The molecule has 1 amide bonds. The average Bonchev–Trinajstić information content (AvgIpc) is 3.28. The number of aromatic nitrogens is 2. The summed E-state index contributed by atoms with van der Waals surface area (Å²) in [7, 11) is 0. The predicted octanol–water partition coefficient (Wildman–Crippen LogP) is 2.00. The van der Waals surface area contributed by atoms with E-state index in [1.54, 1.807) is 23.7 Å². The third kappa shape index (κ3) is 3.90. The van der Waals surface area contributed by atoms with Gasteiger partial charge in [-0.3, -0.25) is 4.79 Å². The first-order chi connectivity index (χ1) is 10.8. The van der Waals surface area contributed by atoms with Crippen LogP contribution in [0, 0.1) is 5.92 Å². The van der Waals surface area contributed by atoms with Crippen molar-refractivity contribution in [1.82, 2.24) is 15.3 Å².